The number of rotatable bonds is 2. The Hall–Kier alpha value is -1.50. The van der Waals surface area contributed by atoms with Crippen LogP contribution < -0.4 is 16.8 Å². The van der Waals surface area contributed by atoms with Crippen molar-refractivity contribution >= 4 is 58.1 Å². The van der Waals surface area contributed by atoms with Crippen molar-refractivity contribution in [1.82, 2.24) is 15.2 Å². The molecule has 0 unspecified atom stereocenters. The number of anilines is 4. The fraction of sp³-hybridized carbons (Fsp3) is 0. The molecule has 0 aliphatic heterocycles. The van der Waals surface area contributed by atoms with Gasteiger partial charge in [0, 0.05) is 5.02 Å². The standard InChI is InChI=1S/C9H7Cl3N6/c10-3-1-4(11)6(5(12)2-3)15-9-16-7(13)8(14)17-18-9/h1-2H,(H2,14,17)(H3,13,15,16,18). The Morgan fingerprint density at radius 3 is 2.11 bits per heavy atom. The van der Waals surface area contributed by atoms with Crippen molar-refractivity contribution in [2.75, 3.05) is 16.8 Å². The lowest BCUT2D eigenvalue weighted by atomic mass is 10.3. The van der Waals surface area contributed by atoms with E-state index in [0.29, 0.717) is 20.8 Å². The Labute approximate surface area is 117 Å². The number of halogens is 3. The molecule has 5 N–H and O–H groups in total. The molecular weight excluding hydrogens is 298 g/mol. The summed E-state index contributed by atoms with van der Waals surface area (Å²) in [6.45, 7) is 0. The third-order valence-corrected chi connectivity index (χ3v) is 2.80. The van der Waals surface area contributed by atoms with Crippen LogP contribution >= 0.6 is 34.8 Å². The average Bonchev–Trinajstić information content (AvgIpc) is 2.28. The van der Waals surface area contributed by atoms with Gasteiger partial charge in [0.15, 0.2) is 11.6 Å². The Bertz CT molecular complexity index is 580. The lowest BCUT2D eigenvalue weighted by molar-refractivity contribution is 0.996. The molecule has 2 rings (SSSR count). The maximum Gasteiger partial charge on any atom is 0.249 e. The summed E-state index contributed by atoms with van der Waals surface area (Å²) in [6, 6.07) is 3.07. The Kier molecular flexibility index (Phi) is 3.60. The second kappa shape index (κ2) is 5.01. The van der Waals surface area contributed by atoms with Crippen molar-refractivity contribution in [1.29, 1.82) is 0 Å². The van der Waals surface area contributed by atoms with Crippen LogP contribution in [0.2, 0.25) is 15.1 Å². The van der Waals surface area contributed by atoms with Gasteiger partial charge in [-0.05, 0) is 12.1 Å². The second-order valence-electron chi connectivity index (χ2n) is 3.28. The first kappa shape index (κ1) is 12.9. The molecule has 1 aromatic carbocycles. The zero-order valence-electron chi connectivity index (χ0n) is 8.78. The molecule has 0 aliphatic carbocycles. The maximum atomic E-state index is 5.99. The SMILES string of the molecule is Nc1nnc(Nc2c(Cl)cc(Cl)cc2Cl)nc1N. The number of nitrogens with one attached hydrogen (secondary N) is 1. The summed E-state index contributed by atoms with van der Waals surface area (Å²) in [7, 11) is 0. The van der Waals surface area contributed by atoms with E-state index < -0.39 is 0 Å². The predicted molar refractivity (Wildman–Crippen MR) is 73.4 cm³/mol. The summed E-state index contributed by atoms with van der Waals surface area (Å²) < 4.78 is 0. The normalized spacial score (nSPS) is 10.4. The van der Waals surface area contributed by atoms with E-state index in [0.717, 1.165) is 0 Å². The van der Waals surface area contributed by atoms with Crippen LogP contribution in [0.15, 0.2) is 12.1 Å². The summed E-state index contributed by atoms with van der Waals surface area (Å²) in [5.41, 5.74) is 11.3. The molecule has 0 fully saturated rings. The van der Waals surface area contributed by atoms with Gasteiger partial charge in [-0.3, -0.25) is 0 Å². The number of nitrogens with two attached hydrogens (primary N) is 2. The minimum atomic E-state index is 0.0499. The largest absolute Gasteiger partial charge is 0.380 e. The van der Waals surface area contributed by atoms with E-state index in [4.69, 9.17) is 46.3 Å². The molecule has 18 heavy (non-hydrogen) atoms. The van der Waals surface area contributed by atoms with Crippen LogP contribution in [0, 0.1) is 0 Å². The van der Waals surface area contributed by atoms with Crippen LogP contribution in [0.4, 0.5) is 23.3 Å². The molecule has 2 aromatic rings. The average molecular weight is 306 g/mol. The molecular formula is C9H7Cl3N6. The van der Waals surface area contributed by atoms with E-state index in [1.54, 1.807) is 0 Å². The van der Waals surface area contributed by atoms with E-state index >= 15 is 0 Å². The highest BCUT2D eigenvalue weighted by Gasteiger charge is 2.10. The van der Waals surface area contributed by atoms with Crippen LogP contribution in [0.1, 0.15) is 0 Å². The molecule has 0 saturated heterocycles. The number of aromatic nitrogens is 3. The lowest BCUT2D eigenvalue weighted by Gasteiger charge is -2.09. The van der Waals surface area contributed by atoms with Crippen LogP contribution in [0.3, 0.4) is 0 Å². The topological polar surface area (TPSA) is 103 Å². The summed E-state index contributed by atoms with van der Waals surface area (Å²) in [4.78, 5) is 3.89. The zero-order valence-corrected chi connectivity index (χ0v) is 11.1. The molecule has 0 radical (unpaired) electrons. The van der Waals surface area contributed by atoms with Crippen molar-refractivity contribution in [3.05, 3.63) is 27.2 Å². The molecule has 0 atom stereocenters. The molecule has 0 amide bonds. The quantitative estimate of drug-likeness (QED) is 0.788. The van der Waals surface area contributed by atoms with E-state index in [1.165, 1.54) is 12.1 Å². The van der Waals surface area contributed by atoms with Crippen LogP contribution in [0.5, 0.6) is 0 Å². The second-order valence-corrected chi connectivity index (χ2v) is 4.53. The van der Waals surface area contributed by atoms with Crippen molar-refractivity contribution in [2.45, 2.75) is 0 Å². The fourth-order valence-corrected chi connectivity index (χ4v) is 2.08. The number of hydrogen-bond donors (Lipinski definition) is 3. The Balaban J connectivity index is 2.37. The third kappa shape index (κ3) is 2.66. The monoisotopic (exact) mass is 304 g/mol. The summed E-state index contributed by atoms with van der Waals surface area (Å²) in [6.07, 6.45) is 0. The minimum Gasteiger partial charge on any atom is -0.380 e. The van der Waals surface area contributed by atoms with Gasteiger partial charge in [-0.1, -0.05) is 34.8 Å². The number of benzene rings is 1. The molecule has 0 spiro atoms. The lowest BCUT2D eigenvalue weighted by Crippen LogP contribution is -2.07. The van der Waals surface area contributed by atoms with Crippen LogP contribution in [0.25, 0.3) is 0 Å². The van der Waals surface area contributed by atoms with Gasteiger partial charge >= 0.3 is 0 Å². The Morgan fingerprint density at radius 2 is 1.56 bits per heavy atom. The van der Waals surface area contributed by atoms with Crippen molar-refractivity contribution < 1.29 is 0 Å². The Morgan fingerprint density at radius 1 is 0.944 bits per heavy atom. The highest BCUT2D eigenvalue weighted by Crippen LogP contribution is 2.35. The first-order chi connectivity index (χ1) is 8.47. The number of nitrogen functional groups attached to an aromatic ring is 2. The minimum absolute atomic E-state index is 0.0499. The van der Waals surface area contributed by atoms with E-state index in [1.807, 2.05) is 0 Å². The number of hydrogen-bond acceptors (Lipinski definition) is 6. The first-order valence-corrected chi connectivity index (χ1v) is 5.78. The third-order valence-electron chi connectivity index (χ3n) is 1.98. The molecule has 6 nitrogen and oxygen atoms in total. The fourth-order valence-electron chi connectivity index (χ4n) is 1.17. The van der Waals surface area contributed by atoms with Crippen molar-refractivity contribution in [3.63, 3.8) is 0 Å². The summed E-state index contributed by atoms with van der Waals surface area (Å²) >= 11 is 17.8. The molecule has 9 heteroatoms. The molecule has 1 aromatic heterocycles. The molecule has 0 aliphatic rings. The van der Waals surface area contributed by atoms with Gasteiger partial charge in [-0.2, -0.15) is 4.98 Å². The van der Waals surface area contributed by atoms with Crippen molar-refractivity contribution in [3.8, 4) is 0 Å². The predicted octanol–water partition coefficient (Wildman–Crippen LogP) is 2.74. The van der Waals surface area contributed by atoms with E-state index in [2.05, 4.69) is 20.5 Å². The summed E-state index contributed by atoms with van der Waals surface area (Å²) in [5, 5.41) is 11.2. The maximum absolute atomic E-state index is 5.99. The first-order valence-electron chi connectivity index (χ1n) is 4.64. The smallest absolute Gasteiger partial charge is 0.249 e. The summed E-state index contributed by atoms with van der Waals surface area (Å²) in [5.74, 6) is 0.246. The van der Waals surface area contributed by atoms with Gasteiger partial charge in [-0.15, -0.1) is 10.2 Å². The molecule has 1 heterocycles. The molecule has 0 saturated carbocycles. The van der Waals surface area contributed by atoms with Gasteiger partial charge in [0.05, 0.1) is 15.7 Å². The highest BCUT2D eigenvalue weighted by atomic mass is 35.5. The van der Waals surface area contributed by atoms with E-state index in [-0.39, 0.29) is 17.6 Å². The van der Waals surface area contributed by atoms with Gasteiger partial charge < -0.3 is 16.8 Å². The molecule has 94 valence electrons. The highest BCUT2D eigenvalue weighted by molar-refractivity contribution is 6.41. The van der Waals surface area contributed by atoms with Gasteiger partial charge in [0.2, 0.25) is 5.95 Å². The van der Waals surface area contributed by atoms with Gasteiger partial charge in [-0.25, -0.2) is 0 Å². The van der Waals surface area contributed by atoms with E-state index in [9.17, 15) is 0 Å². The van der Waals surface area contributed by atoms with Gasteiger partial charge in [0.25, 0.3) is 0 Å². The van der Waals surface area contributed by atoms with Gasteiger partial charge in [0.1, 0.15) is 0 Å². The van der Waals surface area contributed by atoms with Crippen LogP contribution in [-0.2, 0) is 0 Å². The number of nitrogens with zero attached hydrogens (tertiary/aromatic N) is 3. The van der Waals surface area contributed by atoms with Crippen LogP contribution in [-0.4, -0.2) is 15.2 Å². The van der Waals surface area contributed by atoms with Crippen molar-refractivity contribution in [2.24, 2.45) is 0 Å². The zero-order chi connectivity index (χ0) is 13.3. The molecule has 0 bridgehead atoms.